The SMILES string of the molecule is CC.CNC(CO)CC1OCCO1. The molecular formula is C9H21NO3. The first-order chi connectivity index (χ1) is 6.36. The summed E-state index contributed by atoms with van der Waals surface area (Å²) < 4.78 is 10.4. The van der Waals surface area contributed by atoms with Crippen LogP contribution in [0.2, 0.25) is 0 Å². The molecule has 80 valence electrons. The predicted octanol–water partition coefficient (Wildman–Crippen LogP) is 0.356. The number of aliphatic hydroxyl groups excluding tert-OH is 1. The van der Waals surface area contributed by atoms with Crippen LogP contribution in [0.5, 0.6) is 0 Å². The molecular weight excluding hydrogens is 170 g/mol. The van der Waals surface area contributed by atoms with Gasteiger partial charge in [-0.05, 0) is 7.05 Å². The highest BCUT2D eigenvalue weighted by Gasteiger charge is 2.19. The van der Waals surface area contributed by atoms with Crippen LogP contribution in [0, 0.1) is 0 Å². The molecule has 13 heavy (non-hydrogen) atoms. The zero-order valence-electron chi connectivity index (χ0n) is 8.75. The van der Waals surface area contributed by atoms with Crippen LogP contribution in [-0.4, -0.2) is 44.3 Å². The van der Waals surface area contributed by atoms with Crippen molar-refractivity contribution >= 4 is 0 Å². The Morgan fingerprint density at radius 1 is 1.38 bits per heavy atom. The average Bonchev–Trinajstić information content (AvgIpc) is 2.70. The van der Waals surface area contributed by atoms with Gasteiger partial charge in [0.2, 0.25) is 0 Å². The fraction of sp³-hybridized carbons (Fsp3) is 1.00. The number of ether oxygens (including phenoxy) is 2. The van der Waals surface area contributed by atoms with E-state index < -0.39 is 0 Å². The van der Waals surface area contributed by atoms with Crippen molar-refractivity contribution in [2.45, 2.75) is 32.6 Å². The van der Waals surface area contributed by atoms with Crippen LogP contribution >= 0.6 is 0 Å². The maximum Gasteiger partial charge on any atom is 0.159 e. The van der Waals surface area contributed by atoms with Gasteiger partial charge in [-0.15, -0.1) is 0 Å². The van der Waals surface area contributed by atoms with Crippen molar-refractivity contribution in [3.05, 3.63) is 0 Å². The van der Waals surface area contributed by atoms with E-state index in [4.69, 9.17) is 14.6 Å². The molecule has 4 nitrogen and oxygen atoms in total. The van der Waals surface area contributed by atoms with Crippen molar-refractivity contribution in [1.82, 2.24) is 5.32 Å². The standard InChI is InChI=1S/C7H15NO3.C2H6/c1-8-6(5-9)4-7-10-2-3-11-7;1-2/h6-9H,2-5H2,1H3;1-2H3. The second-order valence-corrected chi connectivity index (χ2v) is 2.58. The third-order valence-electron chi connectivity index (χ3n) is 1.80. The van der Waals surface area contributed by atoms with Crippen LogP contribution in [0.4, 0.5) is 0 Å². The van der Waals surface area contributed by atoms with Gasteiger partial charge in [-0.3, -0.25) is 0 Å². The van der Waals surface area contributed by atoms with Crippen molar-refractivity contribution in [2.24, 2.45) is 0 Å². The molecule has 1 heterocycles. The van der Waals surface area contributed by atoms with E-state index in [1.54, 1.807) is 0 Å². The van der Waals surface area contributed by atoms with Gasteiger partial charge in [-0.1, -0.05) is 13.8 Å². The van der Waals surface area contributed by atoms with Gasteiger partial charge in [0.1, 0.15) is 0 Å². The number of rotatable bonds is 4. The molecule has 1 atom stereocenters. The number of aliphatic hydroxyl groups is 1. The molecule has 1 aliphatic rings. The van der Waals surface area contributed by atoms with Gasteiger partial charge >= 0.3 is 0 Å². The van der Waals surface area contributed by atoms with Crippen LogP contribution in [0.1, 0.15) is 20.3 Å². The zero-order chi connectivity index (χ0) is 10.1. The first-order valence-corrected chi connectivity index (χ1v) is 4.88. The highest BCUT2D eigenvalue weighted by atomic mass is 16.7. The summed E-state index contributed by atoms with van der Waals surface area (Å²) in [5.41, 5.74) is 0. The van der Waals surface area contributed by atoms with Crippen molar-refractivity contribution in [3.8, 4) is 0 Å². The molecule has 0 aromatic carbocycles. The minimum absolute atomic E-state index is 0.0816. The van der Waals surface area contributed by atoms with Crippen LogP contribution in [0.3, 0.4) is 0 Å². The van der Waals surface area contributed by atoms with E-state index in [9.17, 15) is 0 Å². The van der Waals surface area contributed by atoms with Crippen LogP contribution in [-0.2, 0) is 9.47 Å². The van der Waals surface area contributed by atoms with Gasteiger partial charge in [0.25, 0.3) is 0 Å². The monoisotopic (exact) mass is 191 g/mol. The van der Waals surface area contributed by atoms with Gasteiger partial charge in [-0.25, -0.2) is 0 Å². The summed E-state index contributed by atoms with van der Waals surface area (Å²) in [7, 11) is 1.82. The van der Waals surface area contributed by atoms with E-state index in [-0.39, 0.29) is 18.9 Å². The number of hydrogen-bond donors (Lipinski definition) is 2. The molecule has 0 saturated carbocycles. The van der Waals surface area contributed by atoms with Crippen molar-refractivity contribution < 1.29 is 14.6 Å². The Bertz CT molecular complexity index is 101. The fourth-order valence-electron chi connectivity index (χ4n) is 1.06. The van der Waals surface area contributed by atoms with Crippen LogP contribution in [0.25, 0.3) is 0 Å². The van der Waals surface area contributed by atoms with Gasteiger partial charge < -0.3 is 19.9 Å². The highest BCUT2D eigenvalue weighted by Crippen LogP contribution is 2.09. The summed E-state index contributed by atoms with van der Waals surface area (Å²) in [5, 5.41) is 11.8. The Morgan fingerprint density at radius 2 is 1.92 bits per heavy atom. The lowest BCUT2D eigenvalue weighted by Gasteiger charge is -2.16. The summed E-state index contributed by atoms with van der Waals surface area (Å²) in [6, 6.07) is 0.0816. The van der Waals surface area contributed by atoms with E-state index in [2.05, 4.69) is 5.32 Å². The molecule has 0 amide bonds. The van der Waals surface area contributed by atoms with Crippen molar-refractivity contribution in [1.29, 1.82) is 0 Å². The Labute approximate surface area is 80.2 Å². The molecule has 0 aliphatic carbocycles. The van der Waals surface area contributed by atoms with Gasteiger partial charge in [0, 0.05) is 12.5 Å². The largest absolute Gasteiger partial charge is 0.395 e. The number of nitrogens with one attached hydrogen (secondary N) is 1. The summed E-state index contributed by atoms with van der Waals surface area (Å²) in [5.74, 6) is 0. The number of hydrogen-bond acceptors (Lipinski definition) is 4. The van der Waals surface area contributed by atoms with Crippen LogP contribution < -0.4 is 5.32 Å². The molecule has 1 aliphatic heterocycles. The minimum Gasteiger partial charge on any atom is -0.395 e. The zero-order valence-corrected chi connectivity index (χ0v) is 8.75. The summed E-state index contributed by atoms with van der Waals surface area (Å²) >= 11 is 0. The maximum atomic E-state index is 8.81. The summed E-state index contributed by atoms with van der Waals surface area (Å²) in [4.78, 5) is 0. The lowest BCUT2D eigenvalue weighted by molar-refractivity contribution is -0.0553. The van der Waals surface area contributed by atoms with E-state index in [1.165, 1.54) is 0 Å². The third-order valence-corrected chi connectivity index (χ3v) is 1.80. The number of likely N-dealkylation sites (N-methyl/N-ethyl adjacent to an activating group) is 1. The minimum atomic E-state index is -0.125. The molecule has 1 rings (SSSR count). The summed E-state index contributed by atoms with van der Waals surface area (Å²) in [6.07, 6.45) is 0.590. The van der Waals surface area contributed by atoms with Crippen LogP contribution in [0.15, 0.2) is 0 Å². The summed E-state index contributed by atoms with van der Waals surface area (Å²) in [6.45, 7) is 5.47. The van der Waals surface area contributed by atoms with Gasteiger partial charge in [-0.2, -0.15) is 0 Å². The second-order valence-electron chi connectivity index (χ2n) is 2.58. The van der Waals surface area contributed by atoms with Crippen molar-refractivity contribution in [3.63, 3.8) is 0 Å². The van der Waals surface area contributed by atoms with Gasteiger partial charge in [0.15, 0.2) is 6.29 Å². The normalized spacial score (nSPS) is 19.4. The first-order valence-electron chi connectivity index (χ1n) is 4.88. The maximum absolute atomic E-state index is 8.81. The molecule has 0 spiro atoms. The lowest BCUT2D eigenvalue weighted by atomic mass is 10.2. The van der Waals surface area contributed by atoms with E-state index in [1.807, 2.05) is 20.9 Å². The Hall–Kier alpha value is -0.160. The van der Waals surface area contributed by atoms with E-state index in [0.29, 0.717) is 19.6 Å². The Kier molecular flexibility index (Phi) is 8.33. The topological polar surface area (TPSA) is 50.7 Å². The van der Waals surface area contributed by atoms with Gasteiger partial charge in [0.05, 0.1) is 19.8 Å². The molecule has 0 radical (unpaired) electrons. The second kappa shape index (κ2) is 8.44. The molecule has 0 bridgehead atoms. The fourth-order valence-corrected chi connectivity index (χ4v) is 1.06. The quantitative estimate of drug-likeness (QED) is 0.673. The molecule has 4 heteroatoms. The molecule has 1 saturated heterocycles. The smallest absolute Gasteiger partial charge is 0.159 e. The molecule has 1 unspecified atom stereocenters. The van der Waals surface area contributed by atoms with Crippen molar-refractivity contribution in [2.75, 3.05) is 26.9 Å². The van der Waals surface area contributed by atoms with E-state index in [0.717, 1.165) is 0 Å². The Balaban J connectivity index is 0.000000671. The molecule has 2 N–H and O–H groups in total. The third kappa shape index (κ3) is 5.21. The Morgan fingerprint density at radius 3 is 2.31 bits per heavy atom. The first kappa shape index (κ1) is 12.8. The molecule has 0 aromatic heterocycles. The lowest BCUT2D eigenvalue weighted by Crippen LogP contribution is -2.33. The molecule has 0 aromatic rings. The molecule has 1 fully saturated rings. The predicted molar refractivity (Wildman–Crippen MR) is 51.6 cm³/mol. The average molecular weight is 191 g/mol. The highest BCUT2D eigenvalue weighted by molar-refractivity contribution is 4.66. The van der Waals surface area contributed by atoms with E-state index >= 15 is 0 Å².